The van der Waals surface area contributed by atoms with E-state index in [0.717, 1.165) is 5.56 Å². The molecule has 0 aliphatic carbocycles. The van der Waals surface area contributed by atoms with Gasteiger partial charge in [0.2, 0.25) is 5.91 Å². The zero-order chi connectivity index (χ0) is 19.9. The van der Waals surface area contributed by atoms with E-state index in [2.05, 4.69) is 52.1 Å². The summed E-state index contributed by atoms with van der Waals surface area (Å²) in [7, 11) is 0. The first-order valence-corrected chi connectivity index (χ1v) is 8.94. The van der Waals surface area contributed by atoms with Crippen LogP contribution in [0.1, 0.15) is 28.4 Å². The molecule has 3 N–H and O–H groups in total. The third-order valence-electron chi connectivity index (χ3n) is 4.06. The molecule has 1 aromatic heterocycles. The largest absolute Gasteiger partial charge is 0.366 e. The Labute approximate surface area is 164 Å². The van der Waals surface area contributed by atoms with Crippen LogP contribution < -0.4 is 16.0 Å². The van der Waals surface area contributed by atoms with Crippen LogP contribution in [-0.2, 0) is 11.3 Å². The molecule has 28 heavy (non-hydrogen) atoms. The number of rotatable bonds is 6. The van der Waals surface area contributed by atoms with Crippen molar-refractivity contribution in [3.63, 3.8) is 0 Å². The molecule has 0 bridgehead atoms. The fraction of sp³-hybridized carbons (Fsp3) is 0.136. The van der Waals surface area contributed by atoms with E-state index in [4.69, 9.17) is 0 Å². The Morgan fingerprint density at radius 3 is 2.29 bits per heavy atom. The van der Waals surface area contributed by atoms with Crippen molar-refractivity contribution in [2.75, 3.05) is 16.0 Å². The van der Waals surface area contributed by atoms with Gasteiger partial charge in [-0.25, -0.2) is 4.98 Å². The summed E-state index contributed by atoms with van der Waals surface area (Å²) in [6.07, 6.45) is 1.53. The van der Waals surface area contributed by atoms with Crippen LogP contribution in [0.3, 0.4) is 0 Å². The highest BCUT2D eigenvalue weighted by Crippen LogP contribution is 2.16. The molecule has 142 valence electrons. The maximum Gasteiger partial charge on any atom is 0.257 e. The van der Waals surface area contributed by atoms with Crippen molar-refractivity contribution in [1.82, 2.24) is 4.98 Å². The first-order chi connectivity index (χ1) is 13.5. The maximum atomic E-state index is 12.4. The van der Waals surface area contributed by atoms with Gasteiger partial charge in [-0.05, 0) is 42.8 Å². The summed E-state index contributed by atoms with van der Waals surface area (Å²) in [6, 6.07) is 18.7. The quantitative estimate of drug-likeness (QED) is 0.603. The molecule has 0 aliphatic rings. The molecule has 0 saturated heterocycles. The van der Waals surface area contributed by atoms with E-state index in [1.54, 1.807) is 36.4 Å². The number of nitrogens with zero attached hydrogens (tertiary/aromatic N) is 1. The van der Waals surface area contributed by atoms with Crippen molar-refractivity contribution >= 4 is 29.0 Å². The molecule has 0 atom stereocenters. The van der Waals surface area contributed by atoms with Crippen molar-refractivity contribution in [2.24, 2.45) is 0 Å². The van der Waals surface area contributed by atoms with Crippen LogP contribution in [0.5, 0.6) is 0 Å². The van der Waals surface area contributed by atoms with Crippen LogP contribution in [0.4, 0.5) is 17.2 Å². The Bertz CT molecular complexity index is 967. The van der Waals surface area contributed by atoms with Crippen LogP contribution in [0.2, 0.25) is 0 Å². The monoisotopic (exact) mass is 374 g/mol. The van der Waals surface area contributed by atoms with E-state index in [1.165, 1.54) is 18.7 Å². The van der Waals surface area contributed by atoms with Gasteiger partial charge in [-0.2, -0.15) is 0 Å². The molecular weight excluding hydrogens is 352 g/mol. The van der Waals surface area contributed by atoms with Gasteiger partial charge in [-0.3, -0.25) is 9.59 Å². The lowest BCUT2D eigenvalue weighted by molar-refractivity contribution is -0.114. The number of aryl methyl sites for hydroxylation is 1. The van der Waals surface area contributed by atoms with Gasteiger partial charge in [-0.15, -0.1) is 0 Å². The lowest BCUT2D eigenvalue weighted by Gasteiger charge is -2.09. The lowest BCUT2D eigenvalue weighted by atomic mass is 10.1. The summed E-state index contributed by atoms with van der Waals surface area (Å²) < 4.78 is 0. The second kappa shape index (κ2) is 8.81. The minimum atomic E-state index is -0.266. The average molecular weight is 374 g/mol. The SMILES string of the molecule is CC(=O)Nc1cccc(NC(=O)c2ccc(NCc3ccc(C)cc3)nc2)c1. The minimum absolute atomic E-state index is 0.165. The Balaban J connectivity index is 1.59. The molecule has 6 nitrogen and oxygen atoms in total. The number of benzene rings is 2. The smallest absolute Gasteiger partial charge is 0.257 e. The van der Waals surface area contributed by atoms with Crippen molar-refractivity contribution in [1.29, 1.82) is 0 Å². The lowest BCUT2D eigenvalue weighted by Crippen LogP contribution is -2.13. The van der Waals surface area contributed by atoms with Gasteiger partial charge in [0.1, 0.15) is 5.82 Å². The highest BCUT2D eigenvalue weighted by molar-refractivity contribution is 6.04. The summed E-state index contributed by atoms with van der Waals surface area (Å²) in [6.45, 7) is 4.15. The van der Waals surface area contributed by atoms with E-state index in [0.29, 0.717) is 29.3 Å². The van der Waals surface area contributed by atoms with E-state index < -0.39 is 0 Å². The number of aromatic nitrogens is 1. The molecule has 3 rings (SSSR count). The average Bonchev–Trinajstić information content (AvgIpc) is 2.68. The van der Waals surface area contributed by atoms with Crippen LogP contribution in [0.25, 0.3) is 0 Å². The van der Waals surface area contributed by atoms with Gasteiger partial charge in [0.15, 0.2) is 0 Å². The highest BCUT2D eigenvalue weighted by atomic mass is 16.2. The van der Waals surface area contributed by atoms with Crippen LogP contribution in [-0.4, -0.2) is 16.8 Å². The Morgan fingerprint density at radius 1 is 0.929 bits per heavy atom. The van der Waals surface area contributed by atoms with E-state index in [9.17, 15) is 9.59 Å². The number of pyridine rings is 1. The summed E-state index contributed by atoms with van der Waals surface area (Å²) in [4.78, 5) is 27.9. The number of nitrogens with one attached hydrogen (secondary N) is 3. The molecule has 3 aromatic rings. The molecule has 0 aliphatic heterocycles. The number of hydrogen-bond donors (Lipinski definition) is 3. The van der Waals surface area contributed by atoms with Crippen LogP contribution in [0.15, 0.2) is 66.9 Å². The Kier molecular flexibility index (Phi) is 6.01. The molecule has 0 spiro atoms. The summed E-state index contributed by atoms with van der Waals surface area (Å²) in [5, 5.41) is 8.73. The topological polar surface area (TPSA) is 83.1 Å². The van der Waals surface area contributed by atoms with Gasteiger partial charge >= 0.3 is 0 Å². The van der Waals surface area contributed by atoms with E-state index in [-0.39, 0.29) is 11.8 Å². The van der Waals surface area contributed by atoms with Crippen molar-refractivity contribution in [2.45, 2.75) is 20.4 Å². The normalized spacial score (nSPS) is 10.2. The predicted octanol–water partition coefficient (Wildman–Crippen LogP) is 4.21. The van der Waals surface area contributed by atoms with Crippen molar-refractivity contribution < 1.29 is 9.59 Å². The number of carbonyl (C=O) groups excluding carboxylic acids is 2. The van der Waals surface area contributed by atoms with E-state index >= 15 is 0 Å². The van der Waals surface area contributed by atoms with Gasteiger partial charge in [0.25, 0.3) is 5.91 Å². The molecule has 2 aromatic carbocycles. The zero-order valence-electron chi connectivity index (χ0n) is 15.8. The summed E-state index contributed by atoms with van der Waals surface area (Å²) in [5.74, 6) is 0.267. The Morgan fingerprint density at radius 2 is 1.64 bits per heavy atom. The first kappa shape index (κ1) is 19.1. The molecule has 1 heterocycles. The van der Waals surface area contributed by atoms with Crippen LogP contribution >= 0.6 is 0 Å². The molecule has 0 fully saturated rings. The molecule has 2 amide bonds. The van der Waals surface area contributed by atoms with Crippen LogP contribution in [0, 0.1) is 6.92 Å². The van der Waals surface area contributed by atoms with Crippen molar-refractivity contribution in [3.05, 3.63) is 83.6 Å². The first-order valence-electron chi connectivity index (χ1n) is 8.94. The molecule has 0 saturated carbocycles. The summed E-state index contributed by atoms with van der Waals surface area (Å²) in [5.41, 5.74) is 4.05. The Hall–Kier alpha value is -3.67. The third kappa shape index (κ3) is 5.41. The zero-order valence-corrected chi connectivity index (χ0v) is 15.8. The number of amides is 2. The number of hydrogen-bond acceptors (Lipinski definition) is 4. The fourth-order valence-electron chi connectivity index (χ4n) is 2.61. The number of carbonyl (C=O) groups is 2. The van der Waals surface area contributed by atoms with E-state index in [1.807, 2.05) is 0 Å². The highest BCUT2D eigenvalue weighted by Gasteiger charge is 2.08. The molecular formula is C22H22N4O2. The second-order valence-electron chi connectivity index (χ2n) is 6.49. The standard InChI is InChI=1S/C22H22N4O2/c1-15-6-8-17(9-7-15)13-23-21-11-10-18(14-24-21)22(28)26-20-5-3-4-19(12-20)25-16(2)27/h3-12,14H,13H2,1-2H3,(H,23,24)(H,25,27)(H,26,28). The second-order valence-corrected chi connectivity index (χ2v) is 6.49. The molecule has 6 heteroatoms. The van der Waals surface area contributed by atoms with Gasteiger partial charge in [-0.1, -0.05) is 35.9 Å². The number of anilines is 3. The van der Waals surface area contributed by atoms with Gasteiger partial charge < -0.3 is 16.0 Å². The third-order valence-corrected chi connectivity index (χ3v) is 4.06. The van der Waals surface area contributed by atoms with Gasteiger partial charge in [0.05, 0.1) is 5.56 Å². The summed E-state index contributed by atoms with van der Waals surface area (Å²) >= 11 is 0. The maximum absolute atomic E-state index is 12.4. The minimum Gasteiger partial charge on any atom is -0.366 e. The van der Waals surface area contributed by atoms with Gasteiger partial charge in [0, 0.05) is 31.0 Å². The predicted molar refractivity (Wildman–Crippen MR) is 111 cm³/mol. The van der Waals surface area contributed by atoms with Crippen molar-refractivity contribution in [3.8, 4) is 0 Å². The fourth-order valence-corrected chi connectivity index (χ4v) is 2.61. The molecule has 0 unspecified atom stereocenters. The molecule has 0 radical (unpaired) electrons.